The van der Waals surface area contributed by atoms with Crippen LogP contribution in [0.5, 0.6) is 0 Å². The van der Waals surface area contributed by atoms with Gasteiger partial charge in [-0.05, 0) is 48.8 Å². The second-order valence-corrected chi connectivity index (χ2v) is 9.85. The van der Waals surface area contributed by atoms with Gasteiger partial charge < -0.3 is 4.90 Å². The van der Waals surface area contributed by atoms with E-state index in [0.29, 0.717) is 0 Å². The number of rotatable bonds is 4. The third kappa shape index (κ3) is 5.64. The molecule has 0 spiro atoms. The first-order chi connectivity index (χ1) is 15.7. The second kappa shape index (κ2) is 10.7. The first kappa shape index (κ1) is 24.5. The van der Waals surface area contributed by atoms with Crippen molar-refractivity contribution in [3.63, 3.8) is 0 Å². The highest BCUT2D eigenvalue weighted by Gasteiger charge is 2.31. The average Bonchev–Trinajstić information content (AvgIpc) is 2.78. The Labute approximate surface area is 202 Å². The van der Waals surface area contributed by atoms with Crippen LogP contribution < -0.4 is 21.9 Å². The van der Waals surface area contributed by atoms with E-state index in [1.165, 1.54) is 44.1 Å². The van der Waals surface area contributed by atoms with Gasteiger partial charge in [0.15, 0.2) is 0 Å². The molecule has 0 radical (unpaired) electrons. The molecule has 4 rings (SSSR count). The monoisotopic (exact) mass is 435 g/mol. The average molecular weight is 435 g/mol. The SMILES string of the molecule is CN(C)C.Cc1ccc([B-](c2ccc(C)cc2)(c2ccc(C)cc2)c2ccc(C)cc2)cc1.[H+]. The Balaban J connectivity index is 0.000000758. The molecule has 0 aliphatic carbocycles. The van der Waals surface area contributed by atoms with E-state index in [-0.39, 0.29) is 1.43 Å². The molecule has 1 nitrogen and oxygen atoms in total. The van der Waals surface area contributed by atoms with Crippen LogP contribution >= 0.6 is 0 Å². The van der Waals surface area contributed by atoms with E-state index in [2.05, 4.69) is 125 Å². The van der Waals surface area contributed by atoms with E-state index in [1.807, 2.05) is 26.0 Å². The maximum absolute atomic E-state index is 2.31. The van der Waals surface area contributed by atoms with Crippen LogP contribution in [0.1, 0.15) is 23.7 Å². The van der Waals surface area contributed by atoms with Gasteiger partial charge in [0.1, 0.15) is 6.15 Å². The van der Waals surface area contributed by atoms with Crippen LogP contribution in [-0.2, 0) is 0 Å². The van der Waals surface area contributed by atoms with Crippen molar-refractivity contribution in [3.8, 4) is 0 Å². The van der Waals surface area contributed by atoms with E-state index in [1.54, 1.807) is 0 Å². The molecule has 0 bridgehead atoms. The molecule has 2 heteroatoms. The Bertz CT molecular complexity index is 956. The fourth-order valence-electron chi connectivity index (χ4n) is 4.58. The fourth-order valence-corrected chi connectivity index (χ4v) is 4.58. The highest BCUT2D eigenvalue weighted by atomic mass is 15.0. The zero-order valence-electron chi connectivity index (χ0n) is 22.3. The summed E-state index contributed by atoms with van der Waals surface area (Å²) in [7, 11) is 6.00. The smallest absolute Gasteiger partial charge is 0.312 e. The zero-order chi connectivity index (χ0) is 24.0. The molecule has 0 unspecified atom stereocenters. The predicted octanol–water partition coefficient (Wildman–Crippen LogP) is 4.59. The number of hydrogen-bond acceptors (Lipinski definition) is 1. The van der Waals surface area contributed by atoms with Crippen LogP contribution in [0.2, 0.25) is 0 Å². The van der Waals surface area contributed by atoms with Gasteiger partial charge in [0.25, 0.3) is 0 Å². The van der Waals surface area contributed by atoms with Crippen molar-refractivity contribution >= 4 is 28.0 Å². The van der Waals surface area contributed by atoms with Crippen LogP contribution in [0.15, 0.2) is 97.1 Å². The van der Waals surface area contributed by atoms with Gasteiger partial charge in [-0.15, -0.1) is 0 Å². The molecule has 0 fully saturated rings. The lowest BCUT2D eigenvalue weighted by molar-refractivity contribution is 0.505. The van der Waals surface area contributed by atoms with Crippen molar-refractivity contribution in [3.05, 3.63) is 119 Å². The van der Waals surface area contributed by atoms with Crippen LogP contribution in [-0.4, -0.2) is 32.2 Å². The van der Waals surface area contributed by atoms with Crippen LogP contribution in [0.4, 0.5) is 0 Å². The highest BCUT2D eigenvalue weighted by Crippen LogP contribution is 2.12. The molecule has 4 aromatic rings. The van der Waals surface area contributed by atoms with Crippen molar-refractivity contribution < 1.29 is 1.43 Å². The molecule has 0 atom stereocenters. The summed E-state index contributed by atoms with van der Waals surface area (Å²) >= 11 is 0. The number of aryl methyl sites for hydroxylation is 4. The molecule has 0 heterocycles. The van der Waals surface area contributed by atoms with E-state index < -0.39 is 6.15 Å². The normalized spacial score (nSPS) is 11.2. The van der Waals surface area contributed by atoms with Gasteiger partial charge in [0, 0.05) is 0 Å². The van der Waals surface area contributed by atoms with Gasteiger partial charge in [-0.1, -0.05) is 119 Å². The maximum Gasteiger partial charge on any atom is 1.00 e. The third-order valence-electron chi connectivity index (χ3n) is 6.31. The number of nitrogens with zero attached hydrogens (tertiary/aromatic N) is 1. The van der Waals surface area contributed by atoms with Crippen LogP contribution in [0, 0.1) is 27.7 Å². The summed E-state index contributed by atoms with van der Waals surface area (Å²) in [6, 6.07) is 36.4. The van der Waals surface area contributed by atoms with Crippen molar-refractivity contribution in [1.82, 2.24) is 4.90 Å². The summed E-state index contributed by atoms with van der Waals surface area (Å²) in [6.45, 7) is 8.62. The molecule has 0 saturated heterocycles. The summed E-state index contributed by atoms with van der Waals surface area (Å²) in [5, 5.41) is 0. The summed E-state index contributed by atoms with van der Waals surface area (Å²) in [4.78, 5) is 2.00. The van der Waals surface area contributed by atoms with Crippen LogP contribution in [0.25, 0.3) is 0 Å². The van der Waals surface area contributed by atoms with Gasteiger partial charge in [-0.2, -0.15) is 21.9 Å². The summed E-state index contributed by atoms with van der Waals surface area (Å²) in [6.07, 6.45) is -1.27. The topological polar surface area (TPSA) is 3.24 Å². The Hall–Kier alpha value is -3.10. The molecular formula is C31H38BN. The van der Waals surface area contributed by atoms with Gasteiger partial charge in [-0.25, -0.2) is 0 Å². The number of hydrogen-bond donors (Lipinski definition) is 0. The Morgan fingerprint density at radius 2 is 0.545 bits per heavy atom. The molecule has 0 N–H and O–H groups in total. The van der Waals surface area contributed by atoms with Crippen molar-refractivity contribution in [1.29, 1.82) is 0 Å². The maximum atomic E-state index is 2.31. The largest absolute Gasteiger partial charge is 1.00 e. The third-order valence-corrected chi connectivity index (χ3v) is 6.31. The van der Waals surface area contributed by atoms with Gasteiger partial charge >= 0.3 is 1.43 Å². The Kier molecular flexibility index (Phi) is 7.94. The van der Waals surface area contributed by atoms with E-state index >= 15 is 0 Å². The number of benzene rings is 4. The molecule has 0 aliphatic heterocycles. The Morgan fingerprint density at radius 3 is 0.697 bits per heavy atom. The zero-order valence-corrected chi connectivity index (χ0v) is 21.3. The summed E-state index contributed by atoms with van der Waals surface area (Å²) in [5.74, 6) is 0. The molecule has 0 amide bonds. The van der Waals surface area contributed by atoms with Crippen molar-refractivity contribution in [2.45, 2.75) is 27.7 Å². The second-order valence-electron chi connectivity index (χ2n) is 9.85. The lowest BCUT2D eigenvalue weighted by Crippen LogP contribution is -2.74. The first-order valence-electron chi connectivity index (χ1n) is 11.8. The minimum absolute atomic E-state index is 0. The molecule has 0 aromatic heterocycles. The van der Waals surface area contributed by atoms with E-state index in [4.69, 9.17) is 0 Å². The van der Waals surface area contributed by atoms with Crippen LogP contribution in [0.3, 0.4) is 0 Å². The van der Waals surface area contributed by atoms with Gasteiger partial charge in [-0.3, -0.25) is 0 Å². The lowest BCUT2D eigenvalue weighted by atomic mass is 9.13. The summed E-state index contributed by atoms with van der Waals surface area (Å²) in [5.41, 5.74) is 10.6. The first-order valence-corrected chi connectivity index (χ1v) is 11.8. The minimum atomic E-state index is -1.27. The van der Waals surface area contributed by atoms with E-state index in [0.717, 1.165) is 0 Å². The molecule has 0 saturated carbocycles. The standard InChI is InChI=1S/C28H28B.C3H9N/c1-21-5-13-25(14-6-21)29(26-15-7-22(2)8-16-26,27-17-9-23(3)10-18-27)28-19-11-24(4)12-20-28;1-4(2)3/h5-20H,1-4H3;1-3H3/q-1;/p+1. The van der Waals surface area contributed by atoms with Gasteiger partial charge in [0.2, 0.25) is 0 Å². The molecule has 170 valence electrons. The molecular weight excluding hydrogens is 397 g/mol. The summed E-state index contributed by atoms with van der Waals surface area (Å²) < 4.78 is 0. The van der Waals surface area contributed by atoms with Gasteiger partial charge in [0.05, 0.1) is 0 Å². The molecule has 0 aliphatic rings. The van der Waals surface area contributed by atoms with Crippen molar-refractivity contribution in [2.75, 3.05) is 21.1 Å². The predicted molar refractivity (Wildman–Crippen MR) is 150 cm³/mol. The quantitative estimate of drug-likeness (QED) is 0.424. The molecule has 4 aromatic carbocycles. The fraction of sp³-hybridized carbons (Fsp3) is 0.226. The minimum Gasteiger partial charge on any atom is -0.312 e. The lowest BCUT2D eigenvalue weighted by Gasteiger charge is -2.44. The molecule has 33 heavy (non-hydrogen) atoms. The van der Waals surface area contributed by atoms with Crippen molar-refractivity contribution in [2.24, 2.45) is 0 Å². The Morgan fingerprint density at radius 1 is 0.394 bits per heavy atom. The highest BCUT2D eigenvalue weighted by molar-refractivity contribution is 7.19. The van der Waals surface area contributed by atoms with E-state index in [9.17, 15) is 0 Å².